The molecule has 3 heteroatoms. The number of carboxylic acids is 1. The SMILES string of the molecule is Cc1cc(C)c2cc(CCCC(=O)O)cnc2c1. The van der Waals surface area contributed by atoms with E-state index in [1.165, 1.54) is 11.1 Å². The normalized spacial score (nSPS) is 10.8. The van der Waals surface area contributed by atoms with Gasteiger partial charge in [0.1, 0.15) is 0 Å². The molecule has 0 saturated carbocycles. The molecule has 1 heterocycles. The molecule has 94 valence electrons. The van der Waals surface area contributed by atoms with Crippen LogP contribution in [-0.2, 0) is 11.2 Å². The molecule has 1 aromatic carbocycles. The minimum Gasteiger partial charge on any atom is -0.481 e. The summed E-state index contributed by atoms with van der Waals surface area (Å²) < 4.78 is 0. The lowest BCUT2D eigenvalue weighted by molar-refractivity contribution is -0.137. The lowest BCUT2D eigenvalue weighted by Crippen LogP contribution is -1.96. The van der Waals surface area contributed by atoms with E-state index in [9.17, 15) is 4.79 Å². The maximum absolute atomic E-state index is 10.5. The first-order valence-corrected chi connectivity index (χ1v) is 6.14. The Bertz CT molecular complexity index is 590. The molecule has 2 aromatic rings. The predicted molar refractivity (Wildman–Crippen MR) is 71.8 cm³/mol. The molecule has 0 aliphatic rings. The van der Waals surface area contributed by atoms with Gasteiger partial charge in [-0.1, -0.05) is 6.07 Å². The zero-order valence-electron chi connectivity index (χ0n) is 10.7. The molecular formula is C15H17NO2. The van der Waals surface area contributed by atoms with Gasteiger partial charge in [-0.2, -0.15) is 0 Å². The number of carbonyl (C=O) groups is 1. The van der Waals surface area contributed by atoms with Crippen molar-refractivity contribution < 1.29 is 9.90 Å². The second-order valence-corrected chi connectivity index (χ2v) is 4.74. The Balaban J connectivity index is 2.24. The lowest BCUT2D eigenvalue weighted by atomic mass is 10.0. The van der Waals surface area contributed by atoms with Gasteiger partial charge < -0.3 is 5.11 Å². The van der Waals surface area contributed by atoms with Crippen LogP contribution in [-0.4, -0.2) is 16.1 Å². The Morgan fingerprint density at radius 2 is 2.06 bits per heavy atom. The van der Waals surface area contributed by atoms with Crippen LogP contribution >= 0.6 is 0 Å². The number of aliphatic carboxylic acids is 1. The van der Waals surface area contributed by atoms with Crippen LogP contribution in [0.1, 0.15) is 29.5 Å². The number of nitrogens with zero attached hydrogens (tertiary/aromatic N) is 1. The number of hydrogen-bond donors (Lipinski definition) is 1. The summed E-state index contributed by atoms with van der Waals surface area (Å²) in [6.45, 7) is 4.15. The van der Waals surface area contributed by atoms with Crippen molar-refractivity contribution in [3.63, 3.8) is 0 Å². The monoisotopic (exact) mass is 243 g/mol. The summed E-state index contributed by atoms with van der Waals surface area (Å²) in [5, 5.41) is 9.78. The van der Waals surface area contributed by atoms with Gasteiger partial charge in [0.15, 0.2) is 0 Å². The quantitative estimate of drug-likeness (QED) is 0.896. The highest BCUT2D eigenvalue weighted by atomic mass is 16.4. The van der Waals surface area contributed by atoms with Crippen molar-refractivity contribution in [2.24, 2.45) is 0 Å². The number of carboxylic acid groups (broad SMARTS) is 1. The van der Waals surface area contributed by atoms with Crippen molar-refractivity contribution in [3.05, 3.63) is 41.1 Å². The molecule has 2 rings (SSSR count). The van der Waals surface area contributed by atoms with E-state index in [1.807, 2.05) is 6.20 Å². The van der Waals surface area contributed by atoms with Crippen molar-refractivity contribution >= 4 is 16.9 Å². The molecule has 0 aliphatic carbocycles. The molecule has 0 bridgehead atoms. The van der Waals surface area contributed by atoms with Crippen LogP contribution in [0, 0.1) is 13.8 Å². The second kappa shape index (κ2) is 5.17. The zero-order valence-corrected chi connectivity index (χ0v) is 10.7. The van der Waals surface area contributed by atoms with E-state index in [-0.39, 0.29) is 6.42 Å². The molecule has 18 heavy (non-hydrogen) atoms. The summed E-state index contributed by atoms with van der Waals surface area (Å²) in [5.41, 5.74) is 4.55. The number of fused-ring (bicyclic) bond motifs is 1. The third kappa shape index (κ3) is 2.86. The minimum atomic E-state index is -0.740. The number of benzene rings is 1. The Kier molecular flexibility index (Phi) is 3.60. The fourth-order valence-electron chi connectivity index (χ4n) is 2.21. The van der Waals surface area contributed by atoms with Crippen LogP contribution in [0.2, 0.25) is 0 Å². The number of aryl methyl sites for hydroxylation is 3. The summed E-state index contributed by atoms with van der Waals surface area (Å²) in [7, 11) is 0. The third-order valence-corrected chi connectivity index (χ3v) is 3.06. The Morgan fingerprint density at radius 3 is 2.78 bits per heavy atom. The fraction of sp³-hybridized carbons (Fsp3) is 0.333. The molecule has 0 unspecified atom stereocenters. The highest BCUT2D eigenvalue weighted by molar-refractivity contribution is 5.83. The number of hydrogen-bond acceptors (Lipinski definition) is 2. The summed E-state index contributed by atoms with van der Waals surface area (Å²) in [4.78, 5) is 14.9. The number of pyridine rings is 1. The van der Waals surface area contributed by atoms with Gasteiger partial charge in [-0.15, -0.1) is 0 Å². The molecule has 0 fully saturated rings. The molecule has 0 saturated heterocycles. The summed E-state index contributed by atoms with van der Waals surface area (Å²) in [5.74, 6) is -0.740. The summed E-state index contributed by atoms with van der Waals surface area (Å²) in [6, 6.07) is 6.34. The van der Waals surface area contributed by atoms with Crippen LogP contribution < -0.4 is 0 Å². The lowest BCUT2D eigenvalue weighted by Gasteiger charge is -2.06. The van der Waals surface area contributed by atoms with E-state index >= 15 is 0 Å². The molecule has 0 spiro atoms. The largest absolute Gasteiger partial charge is 0.481 e. The molecule has 0 radical (unpaired) electrons. The van der Waals surface area contributed by atoms with Gasteiger partial charge in [-0.3, -0.25) is 9.78 Å². The number of rotatable bonds is 4. The van der Waals surface area contributed by atoms with Crippen molar-refractivity contribution in [1.82, 2.24) is 4.98 Å². The van der Waals surface area contributed by atoms with Gasteiger partial charge in [0.05, 0.1) is 5.52 Å². The standard InChI is InChI=1S/C15H17NO2/c1-10-6-11(2)13-8-12(4-3-5-15(17)18)9-16-14(13)7-10/h6-9H,3-5H2,1-2H3,(H,17,18). The van der Waals surface area contributed by atoms with Crippen molar-refractivity contribution in [1.29, 1.82) is 0 Å². The first kappa shape index (κ1) is 12.6. The minimum absolute atomic E-state index is 0.213. The second-order valence-electron chi connectivity index (χ2n) is 4.74. The van der Waals surface area contributed by atoms with E-state index in [4.69, 9.17) is 5.11 Å². The highest BCUT2D eigenvalue weighted by Crippen LogP contribution is 2.20. The predicted octanol–water partition coefficient (Wildman–Crippen LogP) is 3.26. The van der Waals surface area contributed by atoms with Gasteiger partial charge in [0.2, 0.25) is 0 Å². The van der Waals surface area contributed by atoms with Crippen LogP contribution in [0.5, 0.6) is 0 Å². The van der Waals surface area contributed by atoms with Crippen molar-refractivity contribution in [2.75, 3.05) is 0 Å². The van der Waals surface area contributed by atoms with E-state index < -0.39 is 5.97 Å². The first-order chi connectivity index (χ1) is 8.56. The van der Waals surface area contributed by atoms with E-state index in [1.54, 1.807) is 0 Å². The van der Waals surface area contributed by atoms with Crippen LogP contribution in [0.25, 0.3) is 10.9 Å². The van der Waals surface area contributed by atoms with Crippen LogP contribution in [0.3, 0.4) is 0 Å². The Morgan fingerprint density at radius 1 is 1.28 bits per heavy atom. The molecule has 1 aromatic heterocycles. The van der Waals surface area contributed by atoms with Gasteiger partial charge in [0.25, 0.3) is 0 Å². The van der Waals surface area contributed by atoms with Crippen molar-refractivity contribution in [3.8, 4) is 0 Å². The van der Waals surface area contributed by atoms with Gasteiger partial charge in [0, 0.05) is 18.0 Å². The van der Waals surface area contributed by atoms with Gasteiger partial charge in [-0.05, 0) is 55.5 Å². The highest BCUT2D eigenvalue weighted by Gasteiger charge is 2.03. The molecule has 0 amide bonds. The van der Waals surface area contributed by atoms with E-state index in [2.05, 4.69) is 37.0 Å². The van der Waals surface area contributed by atoms with Crippen LogP contribution in [0.15, 0.2) is 24.4 Å². The summed E-state index contributed by atoms with van der Waals surface area (Å²) >= 11 is 0. The zero-order chi connectivity index (χ0) is 13.1. The fourth-order valence-corrected chi connectivity index (χ4v) is 2.21. The smallest absolute Gasteiger partial charge is 0.303 e. The number of aromatic nitrogens is 1. The van der Waals surface area contributed by atoms with Gasteiger partial charge in [-0.25, -0.2) is 0 Å². The maximum Gasteiger partial charge on any atom is 0.303 e. The maximum atomic E-state index is 10.5. The van der Waals surface area contributed by atoms with Gasteiger partial charge >= 0.3 is 5.97 Å². The topological polar surface area (TPSA) is 50.2 Å². The molecule has 0 aliphatic heterocycles. The molecule has 1 N–H and O–H groups in total. The molecule has 0 atom stereocenters. The average molecular weight is 243 g/mol. The Hall–Kier alpha value is -1.90. The van der Waals surface area contributed by atoms with Crippen molar-refractivity contribution in [2.45, 2.75) is 33.1 Å². The molecular weight excluding hydrogens is 226 g/mol. The average Bonchev–Trinajstić information content (AvgIpc) is 2.29. The third-order valence-electron chi connectivity index (χ3n) is 3.06. The molecule has 3 nitrogen and oxygen atoms in total. The van der Waals surface area contributed by atoms with Crippen LogP contribution in [0.4, 0.5) is 0 Å². The van der Waals surface area contributed by atoms with E-state index in [0.717, 1.165) is 22.9 Å². The van der Waals surface area contributed by atoms with E-state index in [0.29, 0.717) is 6.42 Å². The summed E-state index contributed by atoms with van der Waals surface area (Å²) in [6.07, 6.45) is 3.49. The first-order valence-electron chi connectivity index (χ1n) is 6.14. The Labute approximate surface area is 106 Å².